The Kier molecular flexibility index (Phi) is 3.23. The maximum atomic E-state index is 11.7. The van der Waals surface area contributed by atoms with Crippen LogP contribution in [0.2, 0.25) is 0 Å². The SMILES string of the molecule is C=C(c1ccccc1C=N)N1CCC(=O)NC1=O. The molecule has 1 fully saturated rings. The van der Waals surface area contributed by atoms with Crippen LogP contribution in [0.25, 0.3) is 5.70 Å². The summed E-state index contributed by atoms with van der Waals surface area (Å²) in [5, 5.41) is 9.58. The van der Waals surface area contributed by atoms with Gasteiger partial charge in [0.2, 0.25) is 5.91 Å². The topological polar surface area (TPSA) is 73.3 Å². The zero-order chi connectivity index (χ0) is 13.1. The number of imide groups is 1. The van der Waals surface area contributed by atoms with Crippen molar-refractivity contribution in [2.75, 3.05) is 6.54 Å². The van der Waals surface area contributed by atoms with E-state index in [-0.39, 0.29) is 12.3 Å². The minimum Gasteiger partial charge on any atom is -0.308 e. The molecule has 92 valence electrons. The molecule has 1 aliphatic heterocycles. The quantitative estimate of drug-likeness (QED) is 0.791. The standard InChI is InChI=1S/C13H13N3O2/c1-9(11-5-3-2-4-10(11)8-14)16-7-6-12(17)15-13(16)18/h2-5,8,14H,1,6-7H2,(H,15,17,18). The van der Waals surface area contributed by atoms with Crippen LogP contribution in [-0.2, 0) is 4.79 Å². The van der Waals surface area contributed by atoms with Crippen molar-refractivity contribution >= 4 is 23.8 Å². The van der Waals surface area contributed by atoms with Crippen LogP contribution in [0.5, 0.6) is 0 Å². The third kappa shape index (κ3) is 2.15. The molecule has 0 radical (unpaired) electrons. The first kappa shape index (κ1) is 12.0. The van der Waals surface area contributed by atoms with Crippen molar-refractivity contribution in [3.63, 3.8) is 0 Å². The van der Waals surface area contributed by atoms with Gasteiger partial charge in [0, 0.05) is 36.0 Å². The zero-order valence-corrected chi connectivity index (χ0v) is 9.77. The summed E-state index contributed by atoms with van der Waals surface area (Å²) < 4.78 is 0. The van der Waals surface area contributed by atoms with Crippen LogP contribution in [0.15, 0.2) is 30.8 Å². The van der Waals surface area contributed by atoms with E-state index in [9.17, 15) is 9.59 Å². The van der Waals surface area contributed by atoms with Gasteiger partial charge in [0.1, 0.15) is 0 Å². The van der Waals surface area contributed by atoms with Gasteiger partial charge >= 0.3 is 6.03 Å². The van der Waals surface area contributed by atoms with Gasteiger partial charge in [0.25, 0.3) is 0 Å². The van der Waals surface area contributed by atoms with E-state index < -0.39 is 6.03 Å². The molecular formula is C13H13N3O2. The van der Waals surface area contributed by atoms with Crippen molar-refractivity contribution in [1.82, 2.24) is 10.2 Å². The monoisotopic (exact) mass is 243 g/mol. The molecule has 1 aromatic carbocycles. The molecule has 2 rings (SSSR count). The Hall–Kier alpha value is -2.43. The normalized spacial score (nSPS) is 15.2. The van der Waals surface area contributed by atoms with E-state index in [1.54, 1.807) is 12.1 Å². The Morgan fingerprint density at radius 3 is 2.78 bits per heavy atom. The van der Waals surface area contributed by atoms with Crippen LogP contribution >= 0.6 is 0 Å². The first-order chi connectivity index (χ1) is 8.63. The maximum absolute atomic E-state index is 11.7. The fourth-order valence-corrected chi connectivity index (χ4v) is 1.85. The van der Waals surface area contributed by atoms with Crippen LogP contribution in [0.4, 0.5) is 4.79 Å². The number of carbonyl (C=O) groups excluding carboxylic acids is 2. The summed E-state index contributed by atoms with van der Waals surface area (Å²) in [5.74, 6) is -0.274. The van der Waals surface area contributed by atoms with Gasteiger partial charge < -0.3 is 5.41 Å². The molecule has 1 heterocycles. The van der Waals surface area contributed by atoms with Crippen molar-refractivity contribution in [3.05, 3.63) is 42.0 Å². The highest BCUT2D eigenvalue weighted by Gasteiger charge is 2.25. The molecule has 0 unspecified atom stereocenters. The van der Waals surface area contributed by atoms with Gasteiger partial charge in [-0.15, -0.1) is 0 Å². The predicted octanol–water partition coefficient (Wildman–Crippen LogP) is 1.60. The first-order valence-corrected chi connectivity index (χ1v) is 5.53. The second kappa shape index (κ2) is 4.83. The lowest BCUT2D eigenvalue weighted by molar-refractivity contribution is -0.121. The molecule has 3 amide bonds. The third-order valence-corrected chi connectivity index (χ3v) is 2.81. The summed E-state index contributed by atoms with van der Waals surface area (Å²) in [6, 6.07) is 6.75. The number of hydrogen-bond acceptors (Lipinski definition) is 3. The van der Waals surface area contributed by atoms with Gasteiger partial charge in [-0.3, -0.25) is 15.0 Å². The molecule has 0 spiro atoms. The van der Waals surface area contributed by atoms with E-state index in [4.69, 9.17) is 5.41 Å². The van der Waals surface area contributed by atoms with Crippen LogP contribution in [0, 0.1) is 5.41 Å². The molecule has 1 aromatic rings. The van der Waals surface area contributed by atoms with E-state index in [0.717, 1.165) is 5.56 Å². The Labute approximate surface area is 105 Å². The molecular weight excluding hydrogens is 230 g/mol. The maximum Gasteiger partial charge on any atom is 0.328 e. The minimum atomic E-state index is -0.462. The molecule has 2 N–H and O–H groups in total. The third-order valence-electron chi connectivity index (χ3n) is 2.81. The number of hydrogen-bond donors (Lipinski definition) is 2. The largest absolute Gasteiger partial charge is 0.328 e. The average Bonchev–Trinajstić information content (AvgIpc) is 2.38. The molecule has 0 aliphatic carbocycles. The van der Waals surface area contributed by atoms with Crippen molar-refractivity contribution in [1.29, 1.82) is 5.41 Å². The minimum absolute atomic E-state index is 0.261. The first-order valence-electron chi connectivity index (χ1n) is 5.53. The Morgan fingerprint density at radius 2 is 2.11 bits per heavy atom. The van der Waals surface area contributed by atoms with Gasteiger partial charge in [-0.2, -0.15) is 0 Å². The number of amides is 3. The van der Waals surface area contributed by atoms with Crippen molar-refractivity contribution < 1.29 is 9.59 Å². The molecule has 1 aliphatic rings. The highest BCUT2D eigenvalue weighted by atomic mass is 16.2. The van der Waals surface area contributed by atoms with Gasteiger partial charge in [0.05, 0.1) is 0 Å². The molecule has 0 saturated carbocycles. The van der Waals surface area contributed by atoms with Gasteiger partial charge in [-0.1, -0.05) is 30.8 Å². The number of nitrogens with zero attached hydrogens (tertiary/aromatic N) is 1. The number of carbonyl (C=O) groups is 2. The summed E-state index contributed by atoms with van der Waals surface area (Å²) >= 11 is 0. The van der Waals surface area contributed by atoms with Crippen LogP contribution in [0.3, 0.4) is 0 Å². The van der Waals surface area contributed by atoms with E-state index in [2.05, 4.69) is 11.9 Å². The Morgan fingerprint density at radius 1 is 1.39 bits per heavy atom. The second-order valence-corrected chi connectivity index (χ2v) is 3.93. The average molecular weight is 243 g/mol. The van der Waals surface area contributed by atoms with Crippen LogP contribution in [-0.4, -0.2) is 29.6 Å². The Bertz CT molecular complexity index is 537. The van der Waals surface area contributed by atoms with Gasteiger partial charge in [-0.05, 0) is 0 Å². The fraction of sp³-hybridized carbons (Fsp3) is 0.154. The highest BCUT2D eigenvalue weighted by Crippen LogP contribution is 2.22. The van der Waals surface area contributed by atoms with Crippen molar-refractivity contribution in [2.24, 2.45) is 0 Å². The number of urea groups is 1. The molecule has 5 nitrogen and oxygen atoms in total. The smallest absolute Gasteiger partial charge is 0.308 e. The summed E-state index contributed by atoms with van der Waals surface area (Å²) in [4.78, 5) is 24.2. The van der Waals surface area contributed by atoms with E-state index in [0.29, 0.717) is 17.8 Å². The number of benzene rings is 1. The summed E-state index contributed by atoms with van der Waals surface area (Å²) in [7, 11) is 0. The van der Waals surface area contributed by atoms with E-state index in [1.807, 2.05) is 12.1 Å². The fourth-order valence-electron chi connectivity index (χ4n) is 1.85. The molecule has 0 aromatic heterocycles. The predicted molar refractivity (Wildman–Crippen MR) is 68.2 cm³/mol. The van der Waals surface area contributed by atoms with Gasteiger partial charge in [0.15, 0.2) is 0 Å². The van der Waals surface area contributed by atoms with Crippen molar-refractivity contribution in [3.8, 4) is 0 Å². The summed E-state index contributed by atoms with van der Waals surface area (Å²) in [5.41, 5.74) is 1.91. The van der Waals surface area contributed by atoms with E-state index >= 15 is 0 Å². The molecule has 1 saturated heterocycles. The lowest BCUT2D eigenvalue weighted by Crippen LogP contribution is -2.48. The van der Waals surface area contributed by atoms with Crippen LogP contribution < -0.4 is 5.32 Å². The number of nitrogens with one attached hydrogen (secondary N) is 2. The van der Waals surface area contributed by atoms with Crippen molar-refractivity contribution in [2.45, 2.75) is 6.42 Å². The Balaban J connectivity index is 2.28. The molecule has 0 bridgehead atoms. The second-order valence-electron chi connectivity index (χ2n) is 3.93. The lowest BCUT2D eigenvalue weighted by atomic mass is 10.0. The number of rotatable bonds is 3. The molecule has 0 atom stereocenters. The zero-order valence-electron chi connectivity index (χ0n) is 9.77. The van der Waals surface area contributed by atoms with Gasteiger partial charge in [-0.25, -0.2) is 4.79 Å². The molecule has 5 heteroatoms. The van der Waals surface area contributed by atoms with Crippen LogP contribution in [0.1, 0.15) is 17.5 Å². The highest BCUT2D eigenvalue weighted by molar-refractivity contribution is 6.01. The van der Waals surface area contributed by atoms with E-state index in [1.165, 1.54) is 11.1 Å². The lowest BCUT2D eigenvalue weighted by Gasteiger charge is -2.28. The molecule has 18 heavy (non-hydrogen) atoms. The summed E-state index contributed by atoms with van der Waals surface area (Å²) in [6.07, 6.45) is 1.48. The summed E-state index contributed by atoms with van der Waals surface area (Å²) in [6.45, 7) is 4.20.